The zero-order valence-corrected chi connectivity index (χ0v) is 9.75. The molecule has 1 amide bonds. The van der Waals surface area contributed by atoms with Gasteiger partial charge in [0.25, 0.3) is 0 Å². The van der Waals surface area contributed by atoms with Crippen molar-refractivity contribution < 1.29 is 18.7 Å². The van der Waals surface area contributed by atoms with Crippen molar-refractivity contribution in [3.05, 3.63) is 34.9 Å². The van der Waals surface area contributed by atoms with Crippen molar-refractivity contribution in [3.63, 3.8) is 0 Å². The highest BCUT2D eigenvalue weighted by Gasteiger charge is 2.20. The summed E-state index contributed by atoms with van der Waals surface area (Å²) in [6.45, 7) is 1.83. The standard InChI is InChI=1S/C12H14F2N2O2/c13-10-2-3-11(14)9(7-16-4-1-5-16)8(10)6-15-12(17)18/h2-3,15H,1,4-7H2,(H,17,18). The summed E-state index contributed by atoms with van der Waals surface area (Å²) < 4.78 is 27.3. The van der Waals surface area contributed by atoms with E-state index in [1.54, 1.807) is 0 Å². The molecule has 0 unspecified atom stereocenters. The summed E-state index contributed by atoms with van der Waals surface area (Å²) >= 11 is 0. The van der Waals surface area contributed by atoms with Crippen molar-refractivity contribution in [1.29, 1.82) is 0 Å². The third-order valence-electron chi connectivity index (χ3n) is 3.06. The quantitative estimate of drug-likeness (QED) is 0.865. The molecule has 1 aromatic carbocycles. The van der Waals surface area contributed by atoms with Crippen LogP contribution in [0.15, 0.2) is 12.1 Å². The lowest BCUT2D eigenvalue weighted by atomic mass is 10.0. The molecule has 0 saturated carbocycles. The molecule has 0 aliphatic carbocycles. The van der Waals surface area contributed by atoms with E-state index in [1.807, 2.05) is 4.90 Å². The molecule has 6 heteroatoms. The van der Waals surface area contributed by atoms with Gasteiger partial charge in [0, 0.05) is 24.2 Å². The van der Waals surface area contributed by atoms with Gasteiger partial charge in [-0.1, -0.05) is 0 Å². The van der Waals surface area contributed by atoms with Gasteiger partial charge in [0.2, 0.25) is 0 Å². The molecular formula is C12H14F2N2O2. The largest absolute Gasteiger partial charge is 0.465 e. The predicted molar refractivity (Wildman–Crippen MR) is 61.1 cm³/mol. The number of rotatable bonds is 4. The van der Waals surface area contributed by atoms with Gasteiger partial charge in [-0.2, -0.15) is 0 Å². The molecule has 1 fully saturated rings. The summed E-state index contributed by atoms with van der Waals surface area (Å²) in [6, 6.07) is 2.10. The number of nitrogens with zero attached hydrogens (tertiary/aromatic N) is 1. The van der Waals surface area contributed by atoms with Crippen LogP contribution in [0.1, 0.15) is 17.5 Å². The van der Waals surface area contributed by atoms with E-state index in [9.17, 15) is 13.6 Å². The minimum atomic E-state index is -1.26. The number of halogens is 2. The maximum Gasteiger partial charge on any atom is 0.404 e. The number of carboxylic acid groups (broad SMARTS) is 1. The van der Waals surface area contributed by atoms with Crippen LogP contribution in [0.3, 0.4) is 0 Å². The Labute approximate surface area is 103 Å². The van der Waals surface area contributed by atoms with Crippen LogP contribution in [0.2, 0.25) is 0 Å². The van der Waals surface area contributed by atoms with E-state index in [-0.39, 0.29) is 17.7 Å². The summed E-state index contributed by atoms with van der Waals surface area (Å²) in [5.41, 5.74) is 0.327. The molecule has 0 radical (unpaired) electrons. The smallest absolute Gasteiger partial charge is 0.404 e. The van der Waals surface area contributed by atoms with E-state index in [2.05, 4.69) is 5.32 Å². The van der Waals surface area contributed by atoms with Gasteiger partial charge in [0.05, 0.1) is 0 Å². The fraction of sp³-hybridized carbons (Fsp3) is 0.417. The van der Waals surface area contributed by atoms with Crippen LogP contribution < -0.4 is 5.32 Å². The first kappa shape index (κ1) is 12.8. The Morgan fingerprint density at radius 1 is 1.28 bits per heavy atom. The van der Waals surface area contributed by atoms with Crippen molar-refractivity contribution in [2.45, 2.75) is 19.5 Å². The summed E-state index contributed by atoms with van der Waals surface area (Å²) in [7, 11) is 0. The van der Waals surface area contributed by atoms with Crippen LogP contribution in [0, 0.1) is 11.6 Å². The highest BCUT2D eigenvalue weighted by molar-refractivity contribution is 5.64. The Bertz CT molecular complexity index is 462. The Morgan fingerprint density at radius 3 is 2.39 bits per heavy atom. The van der Waals surface area contributed by atoms with E-state index >= 15 is 0 Å². The van der Waals surface area contributed by atoms with Crippen LogP contribution >= 0.6 is 0 Å². The van der Waals surface area contributed by atoms with Gasteiger partial charge in [-0.15, -0.1) is 0 Å². The predicted octanol–water partition coefficient (Wildman–Crippen LogP) is 1.94. The van der Waals surface area contributed by atoms with Gasteiger partial charge in [0.1, 0.15) is 11.6 Å². The zero-order valence-electron chi connectivity index (χ0n) is 9.75. The summed E-state index contributed by atoms with van der Waals surface area (Å²) in [5, 5.41) is 10.6. The first-order chi connectivity index (χ1) is 8.58. The summed E-state index contributed by atoms with van der Waals surface area (Å²) in [5.74, 6) is -1.08. The average molecular weight is 256 g/mol. The number of hydrogen-bond donors (Lipinski definition) is 2. The molecule has 4 nitrogen and oxygen atoms in total. The molecule has 0 bridgehead atoms. The molecule has 0 atom stereocenters. The van der Waals surface area contributed by atoms with Crippen molar-refractivity contribution >= 4 is 6.09 Å². The van der Waals surface area contributed by atoms with Crippen molar-refractivity contribution in [2.75, 3.05) is 13.1 Å². The lowest BCUT2D eigenvalue weighted by molar-refractivity contribution is 0.169. The van der Waals surface area contributed by atoms with E-state index in [1.165, 1.54) is 0 Å². The molecule has 1 aliphatic heterocycles. The molecule has 98 valence electrons. The van der Waals surface area contributed by atoms with Gasteiger partial charge in [-0.3, -0.25) is 4.90 Å². The normalized spacial score (nSPS) is 15.2. The maximum atomic E-state index is 13.7. The number of amides is 1. The topological polar surface area (TPSA) is 52.6 Å². The minimum Gasteiger partial charge on any atom is -0.465 e. The van der Waals surface area contributed by atoms with E-state index in [0.717, 1.165) is 31.6 Å². The van der Waals surface area contributed by atoms with E-state index in [0.29, 0.717) is 6.54 Å². The van der Waals surface area contributed by atoms with Crippen LogP contribution in [-0.2, 0) is 13.1 Å². The van der Waals surface area contributed by atoms with Crippen LogP contribution in [-0.4, -0.2) is 29.2 Å². The number of benzene rings is 1. The second-order valence-corrected chi connectivity index (χ2v) is 4.27. The number of nitrogens with one attached hydrogen (secondary N) is 1. The van der Waals surface area contributed by atoms with Crippen LogP contribution in [0.5, 0.6) is 0 Å². The van der Waals surface area contributed by atoms with Crippen molar-refractivity contribution in [1.82, 2.24) is 10.2 Å². The van der Waals surface area contributed by atoms with Crippen molar-refractivity contribution in [3.8, 4) is 0 Å². The third kappa shape index (κ3) is 2.76. The molecule has 1 saturated heterocycles. The fourth-order valence-electron chi connectivity index (χ4n) is 1.93. The molecule has 18 heavy (non-hydrogen) atoms. The summed E-state index contributed by atoms with van der Waals surface area (Å²) in [6.07, 6.45) is -0.201. The lowest BCUT2D eigenvalue weighted by Gasteiger charge is -2.31. The second kappa shape index (κ2) is 5.30. The molecule has 2 rings (SSSR count). The minimum absolute atomic E-state index is 0.0873. The van der Waals surface area contributed by atoms with Crippen LogP contribution in [0.4, 0.5) is 13.6 Å². The maximum absolute atomic E-state index is 13.7. The Balaban J connectivity index is 2.22. The van der Waals surface area contributed by atoms with Gasteiger partial charge in [0.15, 0.2) is 0 Å². The van der Waals surface area contributed by atoms with Crippen molar-refractivity contribution in [2.24, 2.45) is 0 Å². The zero-order chi connectivity index (χ0) is 13.1. The van der Waals surface area contributed by atoms with E-state index in [4.69, 9.17) is 5.11 Å². The monoisotopic (exact) mass is 256 g/mol. The third-order valence-corrected chi connectivity index (χ3v) is 3.06. The molecular weight excluding hydrogens is 242 g/mol. The SMILES string of the molecule is O=C(O)NCc1c(F)ccc(F)c1CN1CCC1. The molecule has 1 heterocycles. The van der Waals surface area contributed by atoms with Gasteiger partial charge < -0.3 is 10.4 Å². The Hall–Kier alpha value is -1.69. The molecule has 1 aliphatic rings. The molecule has 2 N–H and O–H groups in total. The molecule has 1 aromatic rings. The van der Waals surface area contributed by atoms with Gasteiger partial charge in [-0.25, -0.2) is 13.6 Å². The van der Waals surface area contributed by atoms with E-state index < -0.39 is 17.7 Å². The Kier molecular flexibility index (Phi) is 3.76. The Morgan fingerprint density at radius 2 is 1.89 bits per heavy atom. The first-order valence-corrected chi connectivity index (χ1v) is 5.73. The van der Waals surface area contributed by atoms with Crippen LogP contribution in [0.25, 0.3) is 0 Å². The summed E-state index contributed by atoms with van der Waals surface area (Å²) in [4.78, 5) is 12.4. The molecule has 0 spiro atoms. The fourth-order valence-corrected chi connectivity index (χ4v) is 1.93. The lowest BCUT2D eigenvalue weighted by Crippen LogP contribution is -2.37. The highest BCUT2D eigenvalue weighted by Crippen LogP contribution is 2.21. The molecule has 0 aromatic heterocycles. The van der Waals surface area contributed by atoms with Gasteiger partial charge in [-0.05, 0) is 31.6 Å². The second-order valence-electron chi connectivity index (χ2n) is 4.27. The van der Waals surface area contributed by atoms with Gasteiger partial charge >= 0.3 is 6.09 Å². The number of likely N-dealkylation sites (tertiary alicyclic amines) is 1. The first-order valence-electron chi connectivity index (χ1n) is 5.73. The highest BCUT2D eigenvalue weighted by atomic mass is 19.1. The number of hydrogen-bond acceptors (Lipinski definition) is 2. The average Bonchev–Trinajstić information content (AvgIpc) is 2.26. The number of carbonyl (C=O) groups is 1.